The van der Waals surface area contributed by atoms with E-state index < -0.39 is 0 Å². The number of hydrogen-bond acceptors (Lipinski definition) is 7. The predicted octanol–water partition coefficient (Wildman–Crippen LogP) is 2.34. The zero-order valence-corrected chi connectivity index (χ0v) is 16.5. The number of aromatic nitrogens is 3. The normalized spacial score (nSPS) is 14.1. The summed E-state index contributed by atoms with van der Waals surface area (Å²) in [6.45, 7) is 4.63. The first-order chi connectivity index (χ1) is 14.1. The molecule has 0 unspecified atom stereocenters. The maximum atomic E-state index is 12.6. The number of carbonyl (C=O) groups is 1. The molecule has 0 radical (unpaired) electrons. The molecule has 1 fully saturated rings. The number of methoxy groups -OCH3 is 1. The van der Waals surface area contributed by atoms with E-state index in [-0.39, 0.29) is 5.91 Å². The summed E-state index contributed by atoms with van der Waals surface area (Å²) < 4.78 is 10.2. The van der Waals surface area contributed by atoms with Crippen molar-refractivity contribution in [2.75, 3.05) is 38.2 Å². The Labute approximate surface area is 169 Å². The van der Waals surface area contributed by atoms with Gasteiger partial charge in [0.2, 0.25) is 17.6 Å². The van der Waals surface area contributed by atoms with Crippen molar-refractivity contribution >= 4 is 11.7 Å². The minimum atomic E-state index is 0.144. The Kier molecular flexibility index (Phi) is 5.41. The van der Waals surface area contributed by atoms with E-state index in [4.69, 9.17) is 9.26 Å². The Hall–Kier alpha value is -3.42. The lowest BCUT2D eigenvalue weighted by atomic mass is 10.1. The number of ether oxygens (including phenoxy) is 1. The monoisotopic (exact) mass is 393 g/mol. The number of anilines is 1. The largest absolute Gasteiger partial charge is 0.497 e. The van der Waals surface area contributed by atoms with Crippen LogP contribution < -0.4 is 9.64 Å². The van der Waals surface area contributed by atoms with E-state index in [0.29, 0.717) is 31.2 Å². The van der Waals surface area contributed by atoms with E-state index in [1.165, 1.54) is 0 Å². The molecule has 3 aromatic rings. The van der Waals surface area contributed by atoms with Crippen LogP contribution in [0, 0.1) is 6.92 Å². The van der Waals surface area contributed by atoms with Crippen LogP contribution in [0.2, 0.25) is 0 Å². The SMILES string of the molecule is COc1ccc(CC(=O)N2CCN(c3ccc(-c4noc(C)n4)cn3)CC2)cc1. The molecule has 8 heteroatoms. The molecule has 1 aliphatic rings. The molecule has 1 aromatic carbocycles. The van der Waals surface area contributed by atoms with Crippen molar-refractivity contribution in [3.63, 3.8) is 0 Å². The summed E-state index contributed by atoms with van der Waals surface area (Å²) in [5, 5.41) is 3.91. The zero-order chi connectivity index (χ0) is 20.2. The Bertz CT molecular complexity index is 961. The number of rotatable bonds is 5. The van der Waals surface area contributed by atoms with Crippen LogP contribution in [0.3, 0.4) is 0 Å². The minimum Gasteiger partial charge on any atom is -0.497 e. The smallest absolute Gasteiger partial charge is 0.227 e. The summed E-state index contributed by atoms with van der Waals surface area (Å²) in [5.41, 5.74) is 1.81. The summed E-state index contributed by atoms with van der Waals surface area (Å²) in [6.07, 6.45) is 2.15. The first-order valence-corrected chi connectivity index (χ1v) is 9.55. The number of piperazine rings is 1. The molecule has 8 nitrogen and oxygen atoms in total. The minimum absolute atomic E-state index is 0.144. The quantitative estimate of drug-likeness (QED) is 0.658. The molecule has 3 heterocycles. The van der Waals surface area contributed by atoms with Crippen LogP contribution in [0.4, 0.5) is 5.82 Å². The number of amides is 1. The van der Waals surface area contributed by atoms with Gasteiger partial charge in [0.15, 0.2) is 0 Å². The molecule has 29 heavy (non-hydrogen) atoms. The van der Waals surface area contributed by atoms with Crippen LogP contribution in [-0.4, -0.2) is 59.2 Å². The summed E-state index contributed by atoms with van der Waals surface area (Å²) in [5.74, 6) is 2.89. The fraction of sp³-hybridized carbons (Fsp3) is 0.333. The van der Waals surface area contributed by atoms with Crippen LogP contribution in [-0.2, 0) is 11.2 Å². The van der Waals surface area contributed by atoms with Gasteiger partial charge >= 0.3 is 0 Å². The summed E-state index contributed by atoms with van der Waals surface area (Å²) in [7, 11) is 1.63. The number of pyridine rings is 1. The first kappa shape index (κ1) is 18.9. The fourth-order valence-corrected chi connectivity index (χ4v) is 3.34. The van der Waals surface area contributed by atoms with Gasteiger partial charge in [-0.25, -0.2) is 4.98 Å². The van der Waals surface area contributed by atoms with Crippen molar-refractivity contribution in [1.82, 2.24) is 20.0 Å². The van der Waals surface area contributed by atoms with Gasteiger partial charge in [-0.3, -0.25) is 4.79 Å². The molecular weight excluding hydrogens is 370 g/mol. The van der Waals surface area contributed by atoms with Gasteiger partial charge < -0.3 is 19.1 Å². The van der Waals surface area contributed by atoms with E-state index in [2.05, 4.69) is 20.0 Å². The second-order valence-electron chi connectivity index (χ2n) is 6.93. The molecule has 150 valence electrons. The van der Waals surface area contributed by atoms with Crippen molar-refractivity contribution in [1.29, 1.82) is 0 Å². The molecule has 2 aromatic heterocycles. The molecule has 0 atom stereocenters. The molecular formula is C21H23N5O3. The molecule has 1 aliphatic heterocycles. The number of nitrogens with zero attached hydrogens (tertiary/aromatic N) is 5. The third-order valence-corrected chi connectivity index (χ3v) is 5.00. The standard InChI is InChI=1S/C21H23N5O3/c1-15-23-21(24-29-15)17-5-8-19(22-14-17)25-9-11-26(12-10-25)20(27)13-16-3-6-18(28-2)7-4-16/h3-8,14H,9-13H2,1-2H3. The average molecular weight is 393 g/mol. The van der Waals surface area contributed by atoms with Gasteiger partial charge in [0.1, 0.15) is 11.6 Å². The highest BCUT2D eigenvalue weighted by molar-refractivity contribution is 5.79. The second-order valence-corrected chi connectivity index (χ2v) is 6.93. The van der Waals surface area contributed by atoms with E-state index in [1.54, 1.807) is 20.2 Å². The van der Waals surface area contributed by atoms with Gasteiger partial charge in [0, 0.05) is 44.9 Å². The Morgan fingerprint density at radius 1 is 1.10 bits per heavy atom. The first-order valence-electron chi connectivity index (χ1n) is 9.55. The topological polar surface area (TPSA) is 84.6 Å². The molecule has 0 N–H and O–H groups in total. The summed E-state index contributed by atoms with van der Waals surface area (Å²) in [6, 6.07) is 11.5. The molecule has 0 bridgehead atoms. The third kappa shape index (κ3) is 4.37. The maximum absolute atomic E-state index is 12.6. The molecule has 1 amide bonds. The van der Waals surface area contributed by atoms with Crippen LogP contribution in [0.25, 0.3) is 11.4 Å². The third-order valence-electron chi connectivity index (χ3n) is 5.00. The average Bonchev–Trinajstić information content (AvgIpc) is 3.21. The maximum Gasteiger partial charge on any atom is 0.227 e. The van der Waals surface area contributed by atoms with Gasteiger partial charge in [-0.05, 0) is 29.8 Å². The van der Waals surface area contributed by atoms with Crippen molar-refractivity contribution in [3.8, 4) is 17.1 Å². The number of hydrogen-bond donors (Lipinski definition) is 0. The number of carbonyl (C=O) groups excluding carboxylic acids is 1. The van der Waals surface area contributed by atoms with Crippen molar-refractivity contribution in [3.05, 3.63) is 54.0 Å². The number of benzene rings is 1. The predicted molar refractivity (Wildman–Crippen MR) is 108 cm³/mol. The second kappa shape index (κ2) is 8.30. The van der Waals surface area contributed by atoms with E-state index in [1.807, 2.05) is 41.3 Å². The molecule has 4 rings (SSSR count). The van der Waals surface area contributed by atoms with Crippen molar-refractivity contribution < 1.29 is 14.1 Å². The van der Waals surface area contributed by atoms with Gasteiger partial charge in [-0.2, -0.15) is 4.98 Å². The van der Waals surface area contributed by atoms with Gasteiger partial charge in [-0.1, -0.05) is 17.3 Å². The van der Waals surface area contributed by atoms with Gasteiger partial charge in [0.05, 0.1) is 13.5 Å². The van der Waals surface area contributed by atoms with E-state index in [9.17, 15) is 4.79 Å². The molecule has 0 spiro atoms. The highest BCUT2D eigenvalue weighted by Gasteiger charge is 2.22. The number of aryl methyl sites for hydroxylation is 1. The highest BCUT2D eigenvalue weighted by Crippen LogP contribution is 2.20. The van der Waals surface area contributed by atoms with E-state index in [0.717, 1.165) is 35.8 Å². The van der Waals surface area contributed by atoms with Gasteiger partial charge in [0.25, 0.3) is 0 Å². The summed E-state index contributed by atoms with van der Waals surface area (Å²) in [4.78, 5) is 25.4. The lowest BCUT2D eigenvalue weighted by Crippen LogP contribution is -2.49. The lowest BCUT2D eigenvalue weighted by Gasteiger charge is -2.35. The Morgan fingerprint density at radius 2 is 1.86 bits per heavy atom. The highest BCUT2D eigenvalue weighted by atomic mass is 16.5. The molecule has 0 aliphatic carbocycles. The van der Waals surface area contributed by atoms with Crippen LogP contribution in [0.5, 0.6) is 5.75 Å². The fourth-order valence-electron chi connectivity index (χ4n) is 3.34. The van der Waals surface area contributed by atoms with Crippen molar-refractivity contribution in [2.24, 2.45) is 0 Å². The molecule has 1 saturated heterocycles. The van der Waals surface area contributed by atoms with Crippen LogP contribution in [0.15, 0.2) is 47.1 Å². The van der Waals surface area contributed by atoms with Gasteiger partial charge in [-0.15, -0.1) is 0 Å². The van der Waals surface area contributed by atoms with E-state index >= 15 is 0 Å². The molecule has 0 saturated carbocycles. The lowest BCUT2D eigenvalue weighted by molar-refractivity contribution is -0.130. The zero-order valence-electron chi connectivity index (χ0n) is 16.5. The Balaban J connectivity index is 1.32. The van der Waals surface area contributed by atoms with Crippen LogP contribution >= 0.6 is 0 Å². The Morgan fingerprint density at radius 3 is 2.45 bits per heavy atom. The van der Waals surface area contributed by atoms with Crippen molar-refractivity contribution in [2.45, 2.75) is 13.3 Å². The summed E-state index contributed by atoms with van der Waals surface area (Å²) >= 11 is 0. The van der Waals surface area contributed by atoms with Crippen LogP contribution in [0.1, 0.15) is 11.5 Å².